The van der Waals surface area contributed by atoms with Crippen molar-refractivity contribution in [3.63, 3.8) is 0 Å². The number of aryl methyl sites for hydroxylation is 1. The molecule has 0 unspecified atom stereocenters. The van der Waals surface area contributed by atoms with Crippen molar-refractivity contribution in [3.05, 3.63) is 39.8 Å². The molecule has 4 rings (SSSR count). The van der Waals surface area contributed by atoms with Crippen molar-refractivity contribution in [2.24, 2.45) is 13.0 Å². The Morgan fingerprint density at radius 2 is 2.27 bits per heavy atom. The van der Waals surface area contributed by atoms with Crippen molar-refractivity contribution in [3.8, 4) is 0 Å². The minimum atomic E-state index is 0.440. The van der Waals surface area contributed by atoms with Crippen molar-refractivity contribution in [1.82, 2.24) is 14.7 Å². The van der Waals surface area contributed by atoms with Crippen LogP contribution in [0.5, 0.6) is 0 Å². The molecule has 4 nitrogen and oxygen atoms in total. The average Bonchev–Trinajstić information content (AvgIpc) is 3.04. The van der Waals surface area contributed by atoms with E-state index in [1.165, 1.54) is 29.0 Å². The van der Waals surface area contributed by atoms with Crippen LogP contribution in [0.2, 0.25) is 0 Å². The zero-order valence-corrected chi connectivity index (χ0v) is 13.9. The normalized spacial score (nSPS) is 22.0. The average molecular weight is 317 g/mol. The summed E-state index contributed by atoms with van der Waals surface area (Å²) in [6, 6.07) is 4.36. The summed E-state index contributed by atoms with van der Waals surface area (Å²) in [7, 11) is 2.06. The van der Waals surface area contributed by atoms with E-state index in [9.17, 15) is 0 Å². The molecule has 0 saturated heterocycles. The minimum Gasteiger partial charge on any atom is -0.380 e. The molecule has 0 radical (unpaired) electrons. The zero-order chi connectivity index (χ0) is 14.9. The van der Waals surface area contributed by atoms with E-state index in [1.807, 2.05) is 22.2 Å². The van der Waals surface area contributed by atoms with E-state index in [4.69, 9.17) is 4.74 Å². The maximum absolute atomic E-state index is 6.00. The Morgan fingerprint density at radius 3 is 3.05 bits per heavy atom. The van der Waals surface area contributed by atoms with Crippen LogP contribution in [0.3, 0.4) is 0 Å². The second-order valence-electron chi connectivity index (χ2n) is 6.61. The molecule has 1 aliphatic heterocycles. The molecule has 1 fully saturated rings. The summed E-state index contributed by atoms with van der Waals surface area (Å²) in [5.74, 6) is 1.27. The van der Waals surface area contributed by atoms with Gasteiger partial charge in [0.25, 0.3) is 0 Å². The largest absolute Gasteiger partial charge is 0.380 e. The van der Waals surface area contributed by atoms with Crippen LogP contribution in [0.25, 0.3) is 0 Å². The van der Waals surface area contributed by atoms with Crippen molar-refractivity contribution in [2.75, 3.05) is 19.8 Å². The molecule has 2 aromatic heterocycles. The van der Waals surface area contributed by atoms with Crippen LogP contribution in [0.1, 0.15) is 34.9 Å². The summed E-state index contributed by atoms with van der Waals surface area (Å²) in [5, 5.41) is 6.63. The molecule has 0 amide bonds. The molecule has 1 atom stereocenters. The van der Waals surface area contributed by atoms with Crippen LogP contribution in [-0.2, 0) is 24.9 Å². The number of rotatable bonds is 6. The molecule has 22 heavy (non-hydrogen) atoms. The smallest absolute Gasteiger partial charge is 0.0562 e. The fourth-order valence-electron chi connectivity index (χ4n) is 3.38. The number of thiophene rings is 1. The van der Waals surface area contributed by atoms with Crippen LogP contribution in [-0.4, -0.2) is 34.4 Å². The molecule has 2 aromatic rings. The van der Waals surface area contributed by atoms with E-state index in [0.29, 0.717) is 5.92 Å². The lowest BCUT2D eigenvalue weighted by Gasteiger charge is -2.32. The van der Waals surface area contributed by atoms with Gasteiger partial charge in [-0.25, -0.2) is 0 Å². The van der Waals surface area contributed by atoms with Gasteiger partial charge in [0.05, 0.1) is 12.8 Å². The maximum Gasteiger partial charge on any atom is 0.0562 e. The van der Waals surface area contributed by atoms with Crippen LogP contribution < -0.4 is 0 Å². The lowest BCUT2D eigenvalue weighted by molar-refractivity contribution is 0.0872. The zero-order valence-electron chi connectivity index (χ0n) is 13.1. The lowest BCUT2D eigenvalue weighted by Crippen LogP contribution is -2.35. The highest BCUT2D eigenvalue weighted by Gasteiger charge is 2.30. The number of aromatic nitrogens is 2. The Bertz CT molecular complexity index is 618. The van der Waals surface area contributed by atoms with Crippen LogP contribution >= 0.6 is 11.3 Å². The van der Waals surface area contributed by atoms with Gasteiger partial charge in [-0.15, -0.1) is 11.3 Å². The van der Waals surface area contributed by atoms with Crippen molar-refractivity contribution in [2.45, 2.75) is 31.8 Å². The summed E-state index contributed by atoms with van der Waals surface area (Å²) in [6.45, 7) is 4.86. The molecule has 3 heterocycles. The molecular weight excluding hydrogens is 294 g/mol. The molecule has 0 N–H and O–H groups in total. The molecule has 2 aliphatic rings. The summed E-state index contributed by atoms with van der Waals surface area (Å²) >= 11 is 1.84. The standard InChI is InChI=1S/C17H23N3OS/c1-19-17-14(7-18-19)8-20(10-16-3-2-6-22-16)9-15(17)12-21-11-13-4-5-13/h2-3,6-7,13,15H,4-5,8-12H2,1H3/t15-/m1/s1. The quantitative estimate of drug-likeness (QED) is 0.820. The Balaban J connectivity index is 1.46. The molecule has 0 aromatic carbocycles. The Hall–Kier alpha value is -1.17. The maximum atomic E-state index is 6.00. The number of fused-ring (bicyclic) bond motifs is 1. The van der Waals surface area contributed by atoms with E-state index >= 15 is 0 Å². The van der Waals surface area contributed by atoms with Gasteiger partial charge >= 0.3 is 0 Å². The Kier molecular flexibility index (Phi) is 4.03. The second-order valence-corrected chi connectivity index (χ2v) is 7.64. The first-order valence-electron chi connectivity index (χ1n) is 8.13. The first-order chi connectivity index (χ1) is 10.8. The summed E-state index contributed by atoms with van der Waals surface area (Å²) < 4.78 is 8.04. The van der Waals surface area contributed by atoms with Gasteiger partial charge < -0.3 is 4.74 Å². The van der Waals surface area contributed by atoms with Crippen molar-refractivity contribution in [1.29, 1.82) is 0 Å². The van der Waals surface area contributed by atoms with Gasteiger partial charge in [0.1, 0.15) is 0 Å². The highest BCUT2D eigenvalue weighted by Crippen LogP contribution is 2.32. The van der Waals surface area contributed by atoms with Crippen LogP contribution in [0.15, 0.2) is 23.7 Å². The monoisotopic (exact) mass is 317 g/mol. The fraction of sp³-hybridized carbons (Fsp3) is 0.588. The topological polar surface area (TPSA) is 30.3 Å². The third-order valence-electron chi connectivity index (χ3n) is 4.65. The SMILES string of the molecule is Cn1ncc2c1[C@@H](COCC1CC1)CN(Cc1cccs1)C2. The van der Waals surface area contributed by atoms with Gasteiger partial charge in [-0.05, 0) is 30.2 Å². The number of hydrogen-bond acceptors (Lipinski definition) is 4. The molecule has 0 bridgehead atoms. The molecular formula is C17H23N3OS. The molecule has 118 valence electrons. The van der Waals surface area contributed by atoms with Gasteiger partial charge in [0.2, 0.25) is 0 Å². The number of hydrogen-bond donors (Lipinski definition) is 0. The third-order valence-corrected chi connectivity index (χ3v) is 5.51. The molecule has 1 aliphatic carbocycles. The highest BCUT2D eigenvalue weighted by atomic mass is 32.1. The van der Waals surface area contributed by atoms with E-state index in [0.717, 1.165) is 38.8 Å². The third kappa shape index (κ3) is 3.12. The van der Waals surface area contributed by atoms with E-state index in [1.54, 1.807) is 0 Å². The molecule has 1 saturated carbocycles. The van der Waals surface area contributed by atoms with E-state index in [2.05, 4.69) is 34.6 Å². The predicted octanol–water partition coefficient (Wildman–Crippen LogP) is 3.01. The Labute approximate surface area is 135 Å². The fourth-order valence-corrected chi connectivity index (χ4v) is 4.13. The number of ether oxygens (including phenoxy) is 1. The van der Waals surface area contributed by atoms with Gasteiger partial charge in [-0.2, -0.15) is 5.10 Å². The minimum absolute atomic E-state index is 0.440. The van der Waals surface area contributed by atoms with Crippen LogP contribution in [0.4, 0.5) is 0 Å². The van der Waals surface area contributed by atoms with E-state index < -0.39 is 0 Å². The number of nitrogens with zero attached hydrogens (tertiary/aromatic N) is 3. The van der Waals surface area contributed by atoms with Gasteiger partial charge in [0.15, 0.2) is 0 Å². The van der Waals surface area contributed by atoms with Gasteiger partial charge in [-0.1, -0.05) is 6.07 Å². The second kappa shape index (κ2) is 6.14. The summed E-state index contributed by atoms with van der Waals surface area (Å²) in [4.78, 5) is 3.96. The first kappa shape index (κ1) is 14.4. The van der Waals surface area contributed by atoms with Crippen molar-refractivity contribution >= 4 is 11.3 Å². The molecule has 5 heteroatoms. The van der Waals surface area contributed by atoms with Gasteiger partial charge in [0, 0.05) is 55.3 Å². The van der Waals surface area contributed by atoms with Crippen molar-refractivity contribution < 1.29 is 4.74 Å². The lowest BCUT2D eigenvalue weighted by atomic mass is 9.97. The van der Waals surface area contributed by atoms with E-state index in [-0.39, 0.29) is 0 Å². The highest BCUT2D eigenvalue weighted by molar-refractivity contribution is 7.09. The predicted molar refractivity (Wildman–Crippen MR) is 87.9 cm³/mol. The van der Waals surface area contributed by atoms with Gasteiger partial charge in [-0.3, -0.25) is 9.58 Å². The molecule has 0 spiro atoms. The Morgan fingerprint density at radius 1 is 1.36 bits per heavy atom. The summed E-state index contributed by atoms with van der Waals surface area (Å²) in [5.41, 5.74) is 2.74. The summed E-state index contributed by atoms with van der Waals surface area (Å²) in [6.07, 6.45) is 4.74. The van der Waals surface area contributed by atoms with Crippen LogP contribution in [0, 0.1) is 5.92 Å². The first-order valence-corrected chi connectivity index (χ1v) is 9.01.